The van der Waals surface area contributed by atoms with E-state index in [9.17, 15) is 13.0 Å². The van der Waals surface area contributed by atoms with Gasteiger partial charge in [-0.25, -0.2) is 0 Å². The monoisotopic (exact) mass is 398 g/mol. The van der Waals surface area contributed by atoms with Gasteiger partial charge in [-0.3, -0.25) is 4.55 Å². The fraction of sp³-hybridized carbons (Fsp3) is 0.727. The van der Waals surface area contributed by atoms with Crippen LogP contribution in [0.4, 0.5) is 0 Å². The van der Waals surface area contributed by atoms with E-state index < -0.39 is 10.1 Å². The summed E-state index contributed by atoms with van der Waals surface area (Å²) in [5.74, 6) is 0.249. The Morgan fingerprint density at radius 3 is 2.15 bits per heavy atom. The molecule has 27 heavy (non-hydrogen) atoms. The highest BCUT2D eigenvalue weighted by molar-refractivity contribution is 7.86. The highest BCUT2D eigenvalue weighted by Crippen LogP contribution is 2.34. The normalized spacial score (nSPS) is 12.3. The lowest BCUT2D eigenvalue weighted by molar-refractivity contribution is 0.295. The molecular formula is C22H38O4S. The first-order valence-electron chi connectivity index (χ1n) is 10.5. The molecule has 1 N–H and O–H groups in total. The molecule has 0 bridgehead atoms. The van der Waals surface area contributed by atoms with Crippen LogP contribution in [0.15, 0.2) is 23.1 Å². The first kappa shape index (κ1) is 24.0. The first-order chi connectivity index (χ1) is 12.7. The van der Waals surface area contributed by atoms with Gasteiger partial charge < -0.3 is 4.74 Å². The Morgan fingerprint density at radius 2 is 1.52 bits per heavy atom. The maximum atomic E-state index is 11.9. The molecule has 1 rings (SSSR count). The van der Waals surface area contributed by atoms with Crippen molar-refractivity contribution in [2.75, 3.05) is 6.61 Å². The molecule has 0 aliphatic rings. The number of ether oxygens (including phenoxy) is 1. The van der Waals surface area contributed by atoms with Gasteiger partial charge in [-0.15, -0.1) is 0 Å². The van der Waals surface area contributed by atoms with E-state index in [0.29, 0.717) is 6.61 Å². The standard InChI is InChI=1S/C22H38O4S/c1-5-7-9-10-11-13-17-26-20-15-14-19(18-21(20)27(23,24)25)22(3,4)16-12-8-6-2/h14-15,18H,5-13,16-17H2,1-4H3,(H,23,24,25). The molecule has 1 aromatic carbocycles. The predicted molar refractivity (Wildman–Crippen MR) is 112 cm³/mol. The second-order valence-electron chi connectivity index (χ2n) is 8.09. The Kier molecular flexibility index (Phi) is 10.4. The second kappa shape index (κ2) is 11.7. The molecule has 0 aliphatic carbocycles. The van der Waals surface area contributed by atoms with Gasteiger partial charge in [0.05, 0.1) is 6.61 Å². The number of unbranched alkanes of at least 4 members (excludes halogenated alkanes) is 7. The molecule has 0 unspecified atom stereocenters. The van der Waals surface area contributed by atoms with E-state index in [0.717, 1.165) is 44.1 Å². The summed E-state index contributed by atoms with van der Waals surface area (Å²) < 4.78 is 39.1. The maximum Gasteiger partial charge on any atom is 0.298 e. The van der Waals surface area contributed by atoms with Crippen molar-refractivity contribution in [3.63, 3.8) is 0 Å². The summed E-state index contributed by atoms with van der Waals surface area (Å²) in [6, 6.07) is 5.20. The predicted octanol–water partition coefficient (Wildman–Crippen LogP) is 6.53. The average molecular weight is 399 g/mol. The topological polar surface area (TPSA) is 63.6 Å². The molecule has 156 valence electrons. The summed E-state index contributed by atoms with van der Waals surface area (Å²) in [5.41, 5.74) is 0.769. The molecule has 5 heteroatoms. The van der Waals surface area contributed by atoms with E-state index in [-0.39, 0.29) is 16.1 Å². The third-order valence-electron chi connectivity index (χ3n) is 5.16. The molecule has 0 saturated carbocycles. The van der Waals surface area contributed by atoms with Crippen molar-refractivity contribution in [2.24, 2.45) is 0 Å². The SMILES string of the molecule is CCCCCCCCOc1ccc(C(C)(C)CCCCC)cc1S(=O)(=O)O. The van der Waals surface area contributed by atoms with Crippen molar-refractivity contribution < 1.29 is 17.7 Å². The van der Waals surface area contributed by atoms with Gasteiger partial charge in [0.2, 0.25) is 0 Å². The zero-order valence-corrected chi connectivity index (χ0v) is 18.4. The molecule has 0 saturated heterocycles. The van der Waals surface area contributed by atoms with E-state index in [2.05, 4.69) is 27.7 Å². The zero-order valence-electron chi connectivity index (χ0n) is 17.6. The van der Waals surface area contributed by atoms with Gasteiger partial charge in [-0.05, 0) is 36.0 Å². The third kappa shape index (κ3) is 8.65. The van der Waals surface area contributed by atoms with Crippen molar-refractivity contribution >= 4 is 10.1 Å². The smallest absolute Gasteiger partial charge is 0.298 e. The molecule has 0 aromatic heterocycles. The van der Waals surface area contributed by atoms with Gasteiger partial charge in [0.15, 0.2) is 0 Å². The highest BCUT2D eigenvalue weighted by atomic mass is 32.2. The Hall–Kier alpha value is -1.07. The van der Waals surface area contributed by atoms with Crippen LogP contribution in [-0.4, -0.2) is 19.6 Å². The lowest BCUT2D eigenvalue weighted by Crippen LogP contribution is -2.18. The largest absolute Gasteiger partial charge is 0.492 e. The number of benzene rings is 1. The van der Waals surface area contributed by atoms with Gasteiger partial charge in [0.1, 0.15) is 10.6 Å². The summed E-state index contributed by atoms with van der Waals surface area (Å²) in [5, 5.41) is 0. The third-order valence-corrected chi connectivity index (χ3v) is 6.04. The van der Waals surface area contributed by atoms with Crippen LogP contribution in [0.2, 0.25) is 0 Å². The van der Waals surface area contributed by atoms with Crippen LogP contribution in [0.3, 0.4) is 0 Å². The summed E-state index contributed by atoms with van der Waals surface area (Å²) in [6.07, 6.45) is 11.2. The molecule has 0 fully saturated rings. The first-order valence-corrected chi connectivity index (χ1v) is 11.9. The highest BCUT2D eigenvalue weighted by Gasteiger charge is 2.25. The Labute approximate surface area is 166 Å². The van der Waals surface area contributed by atoms with Crippen LogP contribution in [0.1, 0.15) is 97.5 Å². The van der Waals surface area contributed by atoms with E-state index in [1.54, 1.807) is 12.1 Å². The van der Waals surface area contributed by atoms with Gasteiger partial charge in [-0.2, -0.15) is 8.42 Å². The van der Waals surface area contributed by atoms with Crippen molar-refractivity contribution in [3.8, 4) is 5.75 Å². The van der Waals surface area contributed by atoms with E-state index >= 15 is 0 Å². The van der Waals surface area contributed by atoms with Crippen LogP contribution >= 0.6 is 0 Å². The van der Waals surface area contributed by atoms with E-state index in [1.807, 2.05) is 6.07 Å². The lowest BCUT2D eigenvalue weighted by Gasteiger charge is -2.26. The lowest BCUT2D eigenvalue weighted by atomic mass is 9.80. The Bertz CT molecular complexity index is 650. The molecular weight excluding hydrogens is 360 g/mol. The van der Waals surface area contributed by atoms with Gasteiger partial charge >= 0.3 is 0 Å². The minimum absolute atomic E-state index is 0.116. The minimum Gasteiger partial charge on any atom is -0.492 e. The van der Waals surface area contributed by atoms with Crippen molar-refractivity contribution in [1.82, 2.24) is 0 Å². The summed E-state index contributed by atoms with van der Waals surface area (Å²) in [7, 11) is -4.32. The summed E-state index contributed by atoms with van der Waals surface area (Å²) in [4.78, 5) is -0.116. The fourth-order valence-corrected chi connectivity index (χ4v) is 3.93. The molecule has 0 heterocycles. The molecule has 0 amide bonds. The number of hydrogen-bond acceptors (Lipinski definition) is 3. The summed E-state index contributed by atoms with van der Waals surface area (Å²) in [6.45, 7) is 9.05. The summed E-state index contributed by atoms with van der Waals surface area (Å²) >= 11 is 0. The van der Waals surface area contributed by atoms with Crippen LogP contribution in [0.5, 0.6) is 5.75 Å². The average Bonchev–Trinajstić information content (AvgIpc) is 2.60. The van der Waals surface area contributed by atoms with E-state index in [4.69, 9.17) is 4.74 Å². The van der Waals surface area contributed by atoms with Crippen molar-refractivity contribution in [1.29, 1.82) is 0 Å². The fourth-order valence-electron chi connectivity index (χ4n) is 3.28. The van der Waals surface area contributed by atoms with Crippen molar-refractivity contribution in [2.45, 2.75) is 102 Å². The maximum absolute atomic E-state index is 11.9. The zero-order chi connectivity index (χ0) is 20.3. The van der Waals surface area contributed by atoms with Gasteiger partial charge in [-0.1, -0.05) is 85.1 Å². The van der Waals surface area contributed by atoms with Gasteiger partial charge in [0.25, 0.3) is 10.1 Å². The molecule has 0 radical (unpaired) electrons. The molecule has 0 spiro atoms. The quantitative estimate of drug-likeness (QED) is 0.286. The number of hydrogen-bond donors (Lipinski definition) is 1. The number of rotatable bonds is 14. The van der Waals surface area contributed by atoms with Crippen LogP contribution in [0.25, 0.3) is 0 Å². The molecule has 4 nitrogen and oxygen atoms in total. The molecule has 0 atom stereocenters. The van der Waals surface area contributed by atoms with Crippen LogP contribution < -0.4 is 4.74 Å². The second-order valence-corrected chi connectivity index (χ2v) is 9.48. The van der Waals surface area contributed by atoms with Crippen LogP contribution in [0, 0.1) is 0 Å². The minimum atomic E-state index is -4.32. The van der Waals surface area contributed by atoms with Crippen molar-refractivity contribution in [3.05, 3.63) is 23.8 Å². The Morgan fingerprint density at radius 1 is 0.926 bits per heavy atom. The Balaban J connectivity index is 2.79. The van der Waals surface area contributed by atoms with Crippen LogP contribution in [-0.2, 0) is 15.5 Å². The van der Waals surface area contributed by atoms with Gasteiger partial charge in [0, 0.05) is 0 Å². The van der Waals surface area contributed by atoms with E-state index in [1.165, 1.54) is 25.7 Å². The molecule has 1 aromatic rings. The molecule has 0 aliphatic heterocycles.